The highest BCUT2D eigenvalue weighted by atomic mass is 32.2. The Morgan fingerprint density at radius 2 is 2.00 bits per heavy atom. The van der Waals surface area contributed by atoms with Gasteiger partial charge in [0.2, 0.25) is 5.91 Å². The van der Waals surface area contributed by atoms with Gasteiger partial charge in [0.15, 0.2) is 11.0 Å². The van der Waals surface area contributed by atoms with Crippen LogP contribution >= 0.6 is 11.8 Å². The van der Waals surface area contributed by atoms with E-state index in [-0.39, 0.29) is 11.2 Å². The molecule has 0 aliphatic rings. The highest BCUT2D eigenvalue weighted by Gasteiger charge is 2.20. The molecule has 0 aliphatic heterocycles. The van der Waals surface area contributed by atoms with Gasteiger partial charge in [0, 0.05) is 13.6 Å². The molecule has 0 aliphatic carbocycles. The number of ether oxygens (including phenoxy) is 1. The van der Waals surface area contributed by atoms with E-state index in [2.05, 4.69) is 29.4 Å². The average Bonchev–Trinajstić information content (AvgIpc) is 2.93. The van der Waals surface area contributed by atoms with Crippen molar-refractivity contribution in [2.24, 2.45) is 13.0 Å². The van der Waals surface area contributed by atoms with E-state index in [0.29, 0.717) is 23.4 Å². The summed E-state index contributed by atoms with van der Waals surface area (Å²) in [7, 11) is 3.52. The number of hydrogen-bond acceptors (Lipinski definition) is 5. The quantitative estimate of drug-likeness (QED) is 0.779. The van der Waals surface area contributed by atoms with E-state index in [4.69, 9.17) is 4.74 Å². The lowest BCUT2D eigenvalue weighted by Gasteiger charge is -2.13. The smallest absolute Gasteiger partial charge is 0.233 e. The summed E-state index contributed by atoms with van der Waals surface area (Å²) in [4.78, 5) is 12.1. The van der Waals surface area contributed by atoms with Crippen molar-refractivity contribution in [3.63, 3.8) is 0 Å². The van der Waals surface area contributed by atoms with Gasteiger partial charge in [-0.3, -0.25) is 4.79 Å². The third kappa shape index (κ3) is 4.29. The number of aromatic nitrogens is 3. The van der Waals surface area contributed by atoms with Gasteiger partial charge in [-0.25, -0.2) is 0 Å². The van der Waals surface area contributed by atoms with Gasteiger partial charge in [-0.1, -0.05) is 37.7 Å². The Kier molecular flexibility index (Phi) is 6.25. The molecular formula is C17H24N4O2S. The third-order valence-electron chi connectivity index (χ3n) is 3.52. The maximum atomic E-state index is 12.1. The van der Waals surface area contributed by atoms with Crippen LogP contribution in [0.2, 0.25) is 0 Å². The summed E-state index contributed by atoms with van der Waals surface area (Å²) in [6, 6.07) is 7.67. The number of methoxy groups -OCH3 is 1. The zero-order valence-corrected chi connectivity index (χ0v) is 15.6. The molecule has 1 atom stereocenters. The summed E-state index contributed by atoms with van der Waals surface area (Å²) in [6.07, 6.45) is 0. The second-order valence-electron chi connectivity index (χ2n) is 5.96. The van der Waals surface area contributed by atoms with Gasteiger partial charge >= 0.3 is 0 Å². The molecule has 1 N–H and O–H groups in total. The molecule has 1 amide bonds. The van der Waals surface area contributed by atoms with Crippen molar-refractivity contribution < 1.29 is 9.53 Å². The van der Waals surface area contributed by atoms with Gasteiger partial charge in [-0.2, -0.15) is 0 Å². The molecule has 7 heteroatoms. The fraction of sp³-hybridized carbons (Fsp3) is 0.471. The predicted octanol–water partition coefficient (Wildman–Crippen LogP) is 2.74. The van der Waals surface area contributed by atoms with Crippen molar-refractivity contribution in [1.29, 1.82) is 0 Å². The van der Waals surface area contributed by atoms with Crippen molar-refractivity contribution in [2.45, 2.75) is 31.2 Å². The van der Waals surface area contributed by atoms with Crippen molar-refractivity contribution in [3.8, 4) is 17.1 Å². The maximum absolute atomic E-state index is 12.1. The normalized spacial score (nSPS) is 12.2. The van der Waals surface area contributed by atoms with Crippen molar-refractivity contribution >= 4 is 17.7 Å². The van der Waals surface area contributed by atoms with Crippen LogP contribution in [0, 0.1) is 5.92 Å². The Morgan fingerprint density at radius 1 is 1.29 bits per heavy atom. The van der Waals surface area contributed by atoms with Crippen LogP contribution in [0.1, 0.15) is 20.8 Å². The van der Waals surface area contributed by atoms with Crippen LogP contribution in [0.15, 0.2) is 29.4 Å². The van der Waals surface area contributed by atoms with Crippen LogP contribution in [-0.2, 0) is 11.8 Å². The molecule has 24 heavy (non-hydrogen) atoms. The minimum Gasteiger partial charge on any atom is -0.496 e. The SMILES string of the molecule is COc1ccccc1-c1nnc(SC(C)C(=O)NCC(C)C)n1C. The first-order valence-electron chi connectivity index (χ1n) is 7.91. The number of amides is 1. The highest BCUT2D eigenvalue weighted by Crippen LogP contribution is 2.31. The van der Waals surface area contributed by atoms with E-state index in [0.717, 1.165) is 11.3 Å². The Labute approximate surface area is 147 Å². The van der Waals surface area contributed by atoms with Gasteiger partial charge < -0.3 is 14.6 Å². The number of hydrogen-bond donors (Lipinski definition) is 1. The van der Waals surface area contributed by atoms with Crippen molar-refractivity contribution in [2.75, 3.05) is 13.7 Å². The number of rotatable bonds is 7. The summed E-state index contributed by atoms with van der Waals surface area (Å²) in [5, 5.41) is 11.9. The molecule has 0 saturated carbocycles. The standard InChI is InChI=1S/C17H24N4O2S/c1-11(2)10-18-16(22)12(3)24-17-20-19-15(21(17)4)13-8-6-7-9-14(13)23-5/h6-9,11-12H,10H2,1-5H3,(H,18,22). The van der Waals surface area contributed by atoms with Crippen LogP contribution in [0.4, 0.5) is 0 Å². The second-order valence-corrected chi connectivity index (χ2v) is 7.27. The average molecular weight is 348 g/mol. The molecule has 0 saturated heterocycles. The summed E-state index contributed by atoms with van der Waals surface area (Å²) in [6.45, 7) is 6.69. The van der Waals surface area contributed by atoms with E-state index in [1.165, 1.54) is 11.8 Å². The van der Waals surface area contributed by atoms with Crippen LogP contribution < -0.4 is 10.1 Å². The maximum Gasteiger partial charge on any atom is 0.233 e. The molecule has 2 aromatic rings. The summed E-state index contributed by atoms with van der Waals surface area (Å²) in [5.41, 5.74) is 0.874. The number of carbonyl (C=O) groups is 1. The zero-order chi connectivity index (χ0) is 17.7. The first kappa shape index (κ1) is 18.3. The summed E-state index contributed by atoms with van der Waals surface area (Å²) < 4.78 is 7.27. The molecule has 130 valence electrons. The van der Waals surface area contributed by atoms with Gasteiger partial charge in [0.05, 0.1) is 17.9 Å². The monoisotopic (exact) mass is 348 g/mol. The van der Waals surface area contributed by atoms with Gasteiger partial charge in [-0.15, -0.1) is 10.2 Å². The lowest BCUT2D eigenvalue weighted by molar-refractivity contribution is -0.120. The molecule has 1 unspecified atom stereocenters. The molecule has 0 bridgehead atoms. The molecule has 0 radical (unpaired) electrons. The van der Waals surface area contributed by atoms with E-state index < -0.39 is 0 Å². The summed E-state index contributed by atoms with van der Waals surface area (Å²) in [5.74, 6) is 1.89. The van der Waals surface area contributed by atoms with Crippen molar-refractivity contribution in [3.05, 3.63) is 24.3 Å². The van der Waals surface area contributed by atoms with Crippen molar-refractivity contribution in [1.82, 2.24) is 20.1 Å². The number of carbonyl (C=O) groups excluding carboxylic acids is 1. The zero-order valence-electron chi connectivity index (χ0n) is 14.7. The van der Waals surface area contributed by atoms with E-state index in [1.807, 2.05) is 42.8 Å². The van der Waals surface area contributed by atoms with Crippen LogP contribution in [0.3, 0.4) is 0 Å². The molecule has 1 aromatic carbocycles. The number of benzene rings is 1. The molecule has 0 fully saturated rings. The van der Waals surface area contributed by atoms with Crippen LogP contribution in [-0.4, -0.2) is 39.6 Å². The Morgan fingerprint density at radius 3 is 2.67 bits per heavy atom. The predicted molar refractivity (Wildman–Crippen MR) is 96.2 cm³/mol. The van der Waals surface area contributed by atoms with Crippen LogP contribution in [0.25, 0.3) is 11.4 Å². The van der Waals surface area contributed by atoms with Gasteiger partial charge in [0.25, 0.3) is 0 Å². The fourth-order valence-electron chi connectivity index (χ4n) is 2.14. The fourth-order valence-corrected chi connectivity index (χ4v) is 2.98. The number of para-hydroxylation sites is 1. The first-order chi connectivity index (χ1) is 11.4. The van der Waals surface area contributed by atoms with Crippen LogP contribution in [0.5, 0.6) is 5.75 Å². The molecule has 1 aromatic heterocycles. The third-order valence-corrected chi connectivity index (χ3v) is 4.65. The van der Waals surface area contributed by atoms with Gasteiger partial charge in [0.1, 0.15) is 5.75 Å². The minimum absolute atomic E-state index is 0.00976. The minimum atomic E-state index is -0.239. The second kappa shape index (κ2) is 8.19. The van der Waals surface area contributed by atoms with E-state index in [1.54, 1.807) is 7.11 Å². The largest absolute Gasteiger partial charge is 0.496 e. The van der Waals surface area contributed by atoms with E-state index >= 15 is 0 Å². The topological polar surface area (TPSA) is 69.0 Å². The lowest BCUT2D eigenvalue weighted by atomic mass is 10.2. The molecule has 0 spiro atoms. The Balaban J connectivity index is 2.14. The molecule has 2 rings (SSSR count). The Bertz CT molecular complexity index is 700. The molecule has 1 heterocycles. The highest BCUT2D eigenvalue weighted by molar-refractivity contribution is 8.00. The van der Waals surface area contributed by atoms with E-state index in [9.17, 15) is 4.79 Å². The number of nitrogens with zero attached hydrogens (tertiary/aromatic N) is 3. The number of nitrogens with one attached hydrogen (secondary N) is 1. The summed E-state index contributed by atoms with van der Waals surface area (Å²) >= 11 is 1.40. The molecular weight excluding hydrogens is 324 g/mol. The first-order valence-corrected chi connectivity index (χ1v) is 8.79. The Hall–Kier alpha value is -2.02. The molecule has 6 nitrogen and oxygen atoms in total. The number of thioether (sulfide) groups is 1. The lowest BCUT2D eigenvalue weighted by Crippen LogP contribution is -2.33. The van der Waals surface area contributed by atoms with Gasteiger partial charge in [-0.05, 0) is 25.0 Å².